The Hall–Kier alpha value is -1.32. The van der Waals surface area contributed by atoms with Gasteiger partial charge in [0.1, 0.15) is 5.82 Å². The highest BCUT2D eigenvalue weighted by molar-refractivity contribution is 5.31. The van der Waals surface area contributed by atoms with Gasteiger partial charge in [0.15, 0.2) is 0 Å². The lowest BCUT2D eigenvalue weighted by molar-refractivity contribution is 0.811. The van der Waals surface area contributed by atoms with Crippen LogP contribution < -0.4 is 11.0 Å². The van der Waals surface area contributed by atoms with Crippen molar-refractivity contribution in [3.63, 3.8) is 0 Å². The summed E-state index contributed by atoms with van der Waals surface area (Å²) in [5.74, 6) is 0.635. The van der Waals surface area contributed by atoms with E-state index in [4.69, 9.17) is 0 Å². The van der Waals surface area contributed by atoms with Crippen molar-refractivity contribution in [2.24, 2.45) is 7.05 Å². The van der Waals surface area contributed by atoms with Crippen molar-refractivity contribution in [1.29, 1.82) is 0 Å². The maximum Gasteiger partial charge on any atom is 0.349 e. The summed E-state index contributed by atoms with van der Waals surface area (Å²) in [6.07, 6.45) is 1.69. The first kappa shape index (κ1) is 7.78. The molecule has 1 heterocycles. The van der Waals surface area contributed by atoms with E-state index >= 15 is 0 Å². The Balaban J connectivity index is 2.96. The van der Waals surface area contributed by atoms with Gasteiger partial charge in [-0.15, -0.1) is 0 Å². The van der Waals surface area contributed by atoms with Crippen LogP contribution in [-0.4, -0.2) is 16.1 Å². The second-order valence-corrected chi connectivity index (χ2v) is 2.24. The fourth-order valence-electron chi connectivity index (χ4n) is 0.745. The number of hydrogen-bond donors (Lipinski definition) is 1. The summed E-state index contributed by atoms with van der Waals surface area (Å²) in [6, 6.07) is 1.77. The molecule has 0 atom stereocenters. The number of nitrogens with one attached hydrogen (secondary N) is 1. The molecule has 4 heteroatoms. The molecule has 1 aromatic heterocycles. The van der Waals surface area contributed by atoms with Crippen molar-refractivity contribution in [1.82, 2.24) is 9.55 Å². The van der Waals surface area contributed by atoms with E-state index in [1.165, 1.54) is 4.57 Å². The van der Waals surface area contributed by atoms with Crippen LogP contribution in [0, 0.1) is 0 Å². The van der Waals surface area contributed by atoms with E-state index in [1.807, 2.05) is 6.92 Å². The van der Waals surface area contributed by atoms with E-state index in [9.17, 15) is 4.79 Å². The van der Waals surface area contributed by atoms with Gasteiger partial charge in [-0.25, -0.2) is 4.79 Å². The van der Waals surface area contributed by atoms with Crippen LogP contribution in [0.1, 0.15) is 6.92 Å². The summed E-state index contributed by atoms with van der Waals surface area (Å²) in [6.45, 7) is 2.74. The van der Waals surface area contributed by atoms with Gasteiger partial charge in [-0.3, -0.25) is 0 Å². The van der Waals surface area contributed by atoms with Crippen molar-refractivity contribution in [3.8, 4) is 0 Å². The van der Waals surface area contributed by atoms with Crippen LogP contribution in [0.4, 0.5) is 5.82 Å². The first-order valence-electron chi connectivity index (χ1n) is 3.51. The Morgan fingerprint density at radius 2 is 2.45 bits per heavy atom. The van der Waals surface area contributed by atoms with Crippen LogP contribution in [-0.2, 0) is 7.05 Å². The molecule has 0 unspecified atom stereocenters. The molecule has 1 rings (SSSR count). The smallest absolute Gasteiger partial charge is 0.349 e. The summed E-state index contributed by atoms with van der Waals surface area (Å²) >= 11 is 0. The molecule has 4 nitrogen and oxygen atoms in total. The van der Waals surface area contributed by atoms with E-state index in [0.29, 0.717) is 5.82 Å². The quantitative estimate of drug-likeness (QED) is 0.660. The number of anilines is 1. The third kappa shape index (κ3) is 1.80. The van der Waals surface area contributed by atoms with Crippen molar-refractivity contribution >= 4 is 5.82 Å². The topological polar surface area (TPSA) is 46.9 Å². The maximum absolute atomic E-state index is 10.9. The van der Waals surface area contributed by atoms with E-state index in [-0.39, 0.29) is 5.69 Å². The molecule has 60 valence electrons. The molecule has 1 aromatic rings. The Bertz CT molecular complexity index is 292. The van der Waals surface area contributed by atoms with Gasteiger partial charge in [0.2, 0.25) is 0 Å². The Morgan fingerprint density at radius 1 is 1.73 bits per heavy atom. The molecule has 0 saturated heterocycles. The Kier molecular flexibility index (Phi) is 2.25. The summed E-state index contributed by atoms with van der Waals surface area (Å²) < 4.78 is 1.43. The van der Waals surface area contributed by atoms with Crippen molar-refractivity contribution in [3.05, 3.63) is 22.7 Å². The van der Waals surface area contributed by atoms with Crippen LogP contribution in [0.25, 0.3) is 0 Å². The molecule has 0 saturated carbocycles. The standard InChI is InChI=1S/C7H11N3O/c1-3-8-6-4-5-10(2)7(11)9-6/h4-5H,3H2,1-2H3,(H,8,9,11). The lowest BCUT2D eigenvalue weighted by Gasteiger charge is -2.00. The molecule has 0 aromatic carbocycles. The fourth-order valence-corrected chi connectivity index (χ4v) is 0.745. The first-order valence-corrected chi connectivity index (χ1v) is 3.51. The van der Waals surface area contributed by atoms with E-state index in [0.717, 1.165) is 6.54 Å². The molecule has 1 N–H and O–H groups in total. The highest BCUT2D eigenvalue weighted by Gasteiger charge is 1.93. The summed E-state index contributed by atoms with van der Waals surface area (Å²) in [4.78, 5) is 14.7. The normalized spacial score (nSPS) is 9.64. The minimum absolute atomic E-state index is 0.233. The highest BCUT2D eigenvalue weighted by atomic mass is 16.1. The van der Waals surface area contributed by atoms with E-state index in [2.05, 4.69) is 10.3 Å². The van der Waals surface area contributed by atoms with Crippen LogP contribution in [0.3, 0.4) is 0 Å². The second-order valence-electron chi connectivity index (χ2n) is 2.24. The van der Waals surface area contributed by atoms with Gasteiger partial charge in [0, 0.05) is 19.8 Å². The third-order valence-electron chi connectivity index (χ3n) is 1.33. The summed E-state index contributed by atoms with van der Waals surface area (Å²) in [5, 5.41) is 2.95. The van der Waals surface area contributed by atoms with Crippen molar-refractivity contribution < 1.29 is 0 Å². The molecule has 0 spiro atoms. The number of aryl methyl sites for hydroxylation is 1. The summed E-state index contributed by atoms with van der Waals surface area (Å²) in [7, 11) is 1.67. The average Bonchev–Trinajstić information content (AvgIpc) is 1.98. The van der Waals surface area contributed by atoms with Crippen LogP contribution >= 0.6 is 0 Å². The second kappa shape index (κ2) is 3.18. The van der Waals surface area contributed by atoms with Gasteiger partial charge in [-0.2, -0.15) is 4.98 Å². The van der Waals surface area contributed by atoms with Gasteiger partial charge < -0.3 is 9.88 Å². The third-order valence-corrected chi connectivity index (χ3v) is 1.33. The van der Waals surface area contributed by atoms with Gasteiger partial charge in [0.25, 0.3) is 0 Å². The van der Waals surface area contributed by atoms with Crippen LogP contribution in [0.5, 0.6) is 0 Å². The zero-order valence-electron chi connectivity index (χ0n) is 6.66. The van der Waals surface area contributed by atoms with Gasteiger partial charge in [0.05, 0.1) is 0 Å². The van der Waals surface area contributed by atoms with Crippen molar-refractivity contribution in [2.75, 3.05) is 11.9 Å². The number of aromatic nitrogens is 2. The molecular weight excluding hydrogens is 142 g/mol. The maximum atomic E-state index is 10.9. The SMILES string of the molecule is CCNc1ccn(C)c(=O)n1. The van der Waals surface area contributed by atoms with E-state index in [1.54, 1.807) is 19.3 Å². The molecule has 0 aliphatic heterocycles. The molecule has 0 amide bonds. The lowest BCUT2D eigenvalue weighted by Crippen LogP contribution is -2.20. The monoisotopic (exact) mass is 153 g/mol. The number of nitrogens with zero attached hydrogens (tertiary/aromatic N) is 2. The van der Waals surface area contributed by atoms with Crippen LogP contribution in [0.15, 0.2) is 17.1 Å². The molecule has 0 radical (unpaired) electrons. The van der Waals surface area contributed by atoms with Gasteiger partial charge in [-0.05, 0) is 13.0 Å². The summed E-state index contributed by atoms with van der Waals surface area (Å²) in [5.41, 5.74) is -0.233. The Morgan fingerprint density at radius 3 is 3.00 bits per heavy atom. The molecular formula is C7H11N3O. The zero-order valence-corrected chi connectivity index (χ0v) is 6.66. The predicted molar refractivity (Wildman–Crippen MR) is 43.6 cm³/mol. The van der Waals surface area contributed by atoms with Crippen molar-refractivity contribution in [2.45, 2.75) is 6.92 Å². The first-order chi connectivity index (χ1) is 5.24. The molecule has 0 fully saturated rings. The highest BCUT2D eigenvalue weighted by Crippen LogP contribution is 1.94. The van der Waals surface area contributed by atoms with Gasteiger partial charge >= 0.3 is 5.69 Å². The molecule has 0 aliphatic rings. The Labute approximate surface area is 64.9 Å². The van der Waals surface area contributed by atoms with E-state index < -0.39 is 0 Å². The predicted octanol–water partition coefficient (Wildman–Crippen LogP) is 0.212. The van der Waals surface area contributed by atoms with Gasteiger partial charge in [-0.1, -0.05) is 0 Å². The largest absolute Gasteiger partial charge is 0.370 e. The minimum atomic E-state index is -0.233. The fraction of sp³-hybridized carbons (Fsp3) is 0.429. The minimum Gasteiger partial charge on any atom is -0.370 e. The zero-order chi connectivity index (χ0) is 8.27. The molecule has 11 heavy (non-hydrogen) atoms. The van der Waals surface area contributed by atoms with Crippen LogP contribution in [0.2, 0.25) is 0 Å². The molecule has 0 bridgehead atoms. The lowest BCUT2D eigenvalue weighted by atomic mass is 10.5. The number of hydrogen-bond acceptors (Lipinski definition) is 3. The molecule has 0 aliphatic carbocycles. The number of rotatable bonds is 2. The average molecular weight is 153 g/mol.